The second-order valence-corrected chi connectivity index (χ2v) is 8.85. The molecule has 0 spiro atoms. The van der Waals surface area contributed by atoms with E-state index in [9.17, 15) is 24.3 Å². The van der Waals surface area contributed by atoms with Gasteiger partial charge in [0.25, 0.3) is 11.8 Å². The molecule has 2 amide bonds. The smallest absolute Gasteiger partial charge is 0.352 e. The first-order valence-corrected chi connectivity index (χ1v) is 11.2. The summed E-state index contributed by atoms with van der Waals surface area (Å²) in [6, 6.07) is 5.89. The lowest BCUT2D eigenvalue weighted by molar-refractivity contribution is -0.149. The van der Waals surface area contributed by atoms with Gasteiger partial charge in [0.05, 0.1) is 5.02 Å². The van der Waals surface area contributed by atoms with Crippen LogP contribution >= 0.6 is 23.4 Å². The molecule has 1 aromatic carbocycles. The highest BCUT2D eigenvalue weighted by atomic mass is 35.5. The number of thioether (sulfide) groups is 1. The van der Waals surface area contributed by atoms with Crippen LogP contribution in [0.25, 0.3) is 11.3 Å². The zero-order valence-corrected chi connectivity index (χ0v) is 19.0. The molecule has 12 heteroatoms. The number of aryl methyl sites for hydroxylation is 1. The third kappa shape index (κ3) is 4.09. The molecule has 172 valence electrons. The minimum absolute atomic E-state index is 0.139. The molecule has 0 bridgehead atoms. The Labute approximate surface area is 196 Å². The van der Waals surface area contributed by atoms with Crippen molar-refractivity contribution in [2.24, 2.45) is 0 Å². The molecular formula is C21H18ClN3O7S. The first kappa shape index (κ1) is 22.9. The summed E-state index contributed by atoms with van der Waals surface area (Å²) in [5, 5.41) is 16.0. The normalized spacial score (nSPS) is 19.6. The molecule has 2 aliphatic rings. The van der Waals surface area contributed by atoms with Crippen LogP contribution in [-0.4, -0.2) is 62.7 Å². The number of esters is 1. The molecule has 1 aromatic heterocycles. The molecule has 4 rings (SSSR count). The largest absolute Gasteiger partial charge is 0.477 e. The summed E-state index contributed by atoms with van der Waals surface area (Å²) in [5.41, 5.74) is 0.965. The van der Waals surface area contributed by atoms with Crippen molar-refractivity contribution in [3.8, 4) is 11.3 Å². The number of amides is 2. The number of ether oxygens (including phenoxy) is 1. The Kier molecular flexibility index (Phi) is 6.17. The van der Waals surface area contributed by atoms with Crippen molar-refractivity contribution in [2.45, 2.75) is 25.3 Å². The molecule has 33 heavy (non-hydrogen) atoms. The number of carboxylic acids is 1. The molecule has 0 unspecified atom stereocenters. The Morgan fingerprint density at radius 2 is 2.09 bits per heavy atom. The molecule has 2 atom stereocenters. The van der Waals surface area contributed by atoms with Gasteiger partial charge in [-0.15, -0.1) is 11.8 Å². The Hall–Kier alpha value is -3.31. The van der Waals surface area contributed by atoms with Gasteiger partial charge < -0.3 is 19.7 Å². The Bertz CT molecular complexity index is 1210. The van der Waals surface area contributed by atoms with E-state index in [1.807, 2.05) is 0 Å². The van der Waals surface area contributed by atoms with Crippen molar-refractivity contribution in [3.63, 3.8) is 0 Å². The van der Waals surface area contributed by atoms with Crippen LogP contribution in [0.15, 0.2) is 40.1 Å². The van der Waals surface area contributed by atoms with Crippen molar-refractivity contribution in [2.75, 3.05) is 12.4 Å². The highest BCUT2D eigenvalue weighted by molar-refractivity contribution is 8.00. The van der Waals surface area contributed by atoms with Crippen LogP contribution in [0.3, 0.4) is 0 Å². The number of β-lactam (4-membered cyclic amide) rings is 1. The number of nitrogens with zero attached hydrogens (tertiary/aromatic N) is 2. The lowest BCUT2D eigenvalue weighted by Crippen LogP contribution is -2.70. The number of carboxylic acid groups (broad SMARTS) is 1. The van der Waals surface area contributed by atoms with Gasteiger partial charge in [0.2, 0.25) is 0 Å². The van der Waals surface area contributed by atoms with Crippen LogP contribution in [0.4, 0.5) is 0 Å². The predicted molar refractivity (Wildman–Crippen MR) is 117 cm³/mol. The van der Waals surface area contributed by atoms with Crippen molar-refractivity contribution < 1.29 is 33.5 Å². The highest BCUT2D eigenvalue weighted by Crippen LogP contribution is 2.41. The number of carbonyl (C=O) groups excluding carboxylic acids is 3. The third-order valence-electron chi connectivity index (χ3n) is 5.20. The number of halogens is 1. The number of aromatic nitrogens is 1. The fourth-order valence-corrected chi connectivity index (χ4v) is 5.23. The van der Waals surface area contributed by atoms with E-state index in [0.717, 1.165) is 4.90 Å². The van der Waals surface area contributed by atoms with Gasteiger partial charge in [-0.3, -0.25) is 19.3 Å². The summed E-state index contributed by atoms with van der Waals surface area (Å²) in [6.45, 7) is 2.56. The van der Waals surface area contributed by atoms with Crippen LogP contribution in [0, 0.1) is 6.92 Å². The number of carbonyl (C=O) groups is 4. The van der Waals surface area contributed by atoms with Gasteiger partial charge >= 0.3 is 11.9 Å². The van der Waals surface area contributed by atoms with E-state index in [0.29, 0.717) is 16.2 Å². The van der Waals surface area contributed by atoms with E-state index < -0.39 is 35.2 Å². The molecule has 0 aliphatic carbocycles. The van der Waals surface area contributed by atoms with E-state index >= 15 is 0 Å². The van der Waals surface area contributed by atoms with Crippen LogP contribution in [-0.2, 0) is 19.1 Å². The van der Waals surface area contributed by atoms with E-state index in [4.69, 9.17) is 20.9 Å². The van der Waals surface area contributed by atoms with Crippen molar-refractivity contribution >= 4 is 47.1 Å². The summed E-state index contributed by atoms with van der Waals surface area (Å²) in [7, 11) is 0. The fraction of sp³-hybridized carbons (Fsp3) is 0.286. The SMILES string of the molecule is CC(=O)OCC1=C(C(=O)O)N2C(=O)[C@@H](NC(=O)c3c(-c4ccccc4Cl)noc3C)[C@H]2SC1. The van der Waals surface area contributed by atoms with Crippen LogP contribution < -0.4 is 5.32 Å². The van der Waals surface area contributed by atoms with E-state index in [1.165, 1.54) is 18.7 Å². The Balaban J connectivity index is 1.56. The van der Waals surface area contributed by atoms with Crippen molar-refractivity contribution in [1.82, 2.24) is 15.4 Å². The number of benzene rings is 1. The van der Waals surface area contributed by atoms with Gasteiger partial charge in [0, 0.05) is 23.8 Å². The number of aliphatic carboxylic acids is 1. The number of nitrogens with one attached hydrogen (secondary N) is 1. The summed E-state index contributed by atoms with van der Waals surface area (Å²) in [4.78, 5) is 49.9. The topological polar surface area (TPSA) is 139 Å². The molecule has 3 heterocycles. The zero-order chi connectivity index (χ0) is 23.9. The summed E-state index contributed by atoms with van der Waals surface area (Å²) >= 11 is 7.51. The maximum Gasteiger partial charge on any atom is 0.352 e. The Morgan fingerprint density at radius 3 is 2.76 bits per heavy atom. The maximum absolute atomic E-state index is 13.1. The second-order valence-electron chi connectivity index (χ2n) is 7.34. The highest BCUT2D eigenvalue weighted by Gasteiger charge is 2.54. The molecule has 0 radical (unpaired) electrons. The van der Waals surface area contributed by atoms with Gasteiger partial charge in [-0.05, 0) is 13.0 Å². The van der Waals surface area contributed by atoms with E-state index in [1.54, 1.807) is 31.2 Å². The molecule has 10 nitrogen and oxygen atoms in total. The van der Waals surface area contributed by atoms with Crippen LogP contribution in [0.2, 0.25) is 5.02 Å². The molecule has 1 fully saturated rings. The minimum atomic E-state index is -1.31. The number of hydrogen-bond acceptors (Lipinski definition) is 8. The number of hydrogen-bond donors (Lipinski definition) is 2. The monoisotopic (exact) mass is 491 g/mol. The van der Waals surface area contributed by atoms with Crippen molar-refractivity contribution in [1.29, 1.82) is 0 Å². The lowest BCUT2D eigenvalue weighted by atomic mass is 10.0. The van der Waals surface area contributed by atoms with E-state index in [2.05, 4.69) is 10.5 Å². The number of fused-ring (bicyclic) bond motifs is 1. The quantitative estimate of drug-likeness (QED) is 0.459. The average molecular weight is 492 g/mol. The van der Waals surface area contributed by atoms with Gasteiger partial charge in [-0.25, -0.2) is 4.79 Å². The maximum atomic E-state index is 13.1. The summed E-state index contributed by atoms with van der Waals surface area (Å²) in [5.74, 6) is -2.56. The van der Waals surface area contributed by atoms with E-state index in [-0.39, 0.29) is 35.1 Å². The summed E-state index contributed by atoms with van der Waals surface area (Å²) in [6.07, 6.45) is 0. The van der Waals surface area contributed by atoms with Crippen LogP contribution in [0.5, 0.6) is 0 Å². The zero-order valence-electron chi connectivity index (χ0n) is 17.5. The van der Waals surface area contributed by atoms with Crippen LogP contribution in [0.1, 0.15) is 23.0 Å². The molecule has 2 aromatic rings. The number of rotatable bonds is 6. The molecule has 0 saturated carbocycles. The van der Waals surface area contributed by atoms with Gasteiger partial charge in [0.1, 0.15) is 40.7 Å². The first-order valence-electron chi connectivity index (χ1n) is 9.76. The van der Waals surface area contributed by atoms with Gasteiger partial charge in [-0.2, -0.15) is 0 Å². The summed E-state index contributed by atoms with van der Waals surface area (Å²) < 4.78 is 10.1. The molecule has 1 saturated heterocycles. The molecule has 2 N–H and O–H groups in total. The average Bonchev–Trinajstić information content (AvgIpc) is 3.16. The first-order chi connectivity index (χ1) is 15.7. The second kappa shape index (κ2) is 8.91. The minimum Gasteiger partial charge on any atom is -0.477 e. The predicted octanol–water partition coefficient (Wildman–Crippen LogP) is 2.22. The van der Waals surface area contributed by atoms with Crippen molar-refractivity contribution in [3.05, 3.63) is 51.9 Å². The Morgan fingerprint density at radius 1 is 1.36 bits per heavy atom. The molecular weight excluding hydrogens is 474 g/mol. The van der Waals surface area contributed by atoms with Gasteiger partial charge in [0.15, 0.2) is 0 Å². The molecule has 2 aliphatic heterocycles. The standard InChI is InChI=1S/C21H18ClN3O7S/c1-9-14(15(24-32-9)12-5-3-4-6-13(12)22)18(27)23-16-19(28)25-17(21(29)30)11(7-31-10(2)26)8-33-20(16)25/h3-6,16,20H,7-8H2,1-2H3,(H,23,27)(H,29,30)/t16-,20-/m1/s1. The lowest BCUT2D eigenvalue weighted by Gasteiger charge is -2.49. The fourth-order valence-electron chi connectivity index (χ4n) is 3.67. The third-order valence-corrected chi connectivity index (χ3v) is 6.87. The van der Waals surface area contributed by atoms with Gasteiger partial charge in [-0.1, -0.05) is 35.0 Å².